The molecule has 0 saturated carbocycles. The number of aryl methyl sites for hydroxylation is 1. The summed E-state index contributed by atoms with van der Waals surface area (Å²) in [5.74, 6) is -0.681. The van der Waals surface area contributed by atoms with Gasteiger partial charge in [0.1, 0.15) is 11.1 Å². The van der Waals surface area contributed by atoms with E-state index in [9.17, 15) is 9.18 Å². The van der Waals surface area contributed by atoms with Crippen molar-refractivity contribution in [2.24, 2.45) is 0 Å². The van der Waals surface area contributed by atoms with Gasteiger partial charge in [0.2, 0.25) is 5.91 Å². The van der Waals surface area contributed by atoms with Crippen molar-refractivity contribution in [3.05, 3.63) is 95.8 Å². The number of carbonyl (C=O) groups is 1. The van der Waals surface area contributed by atoms with Crippen LogP contribution in [0.5, 0.6) is 0 Å². The van der Waals surface area contributed by atoms with Crippen LogP contribution < -0.4 is 5.32 Å². The van der Waals surface area contributed by atoms with E-state index in [1.54, 1.807) is 12.1 Å². The average Bonchev–Trinajstić information content (AvgIpc) is 2.64. The smallest absolute Gasteiger partial charge is 0.242 e. The van der Waals surface area contributed by atoms with Crippen molar-refractivity contribution >= 4 is 23.4 Å². The Labute approximate surface area is 151 Å². The van der Waals surface area contributed by atoms with Crippen molar-refractivity contribution in [1.82, 2.24) is 0 Å². The first-order valence-corrected chi connectivity index (χ1v) is 8.85. The SMILES string of the molecule is Cc1ccc(F)c(NC(=O)C(Sc2ccccc2)c2ccccc2)c1. The number of halogens is 1. The van der Waals surface area contributed by atoms with Gasteiger partial charge >= 0.3 is 0 Å². The molecule has 3 aromatic rings. The van der Waals surface area contributed by atoms with E-state index in [-0.39, 0.29) is 11.6 Å². The Morgan fingerprint density at radius 1 is 0.960 bits per heavy atom. The first-order chi connectivity index (χ1) is 12.1. The fourth-order valence-corrected chi connectivity index (χ4v) is 3.51. The van der Waals surface area contributed by atoms with Gasteiger partial charge in [-0.25, -0.2) is 4.39 Å². The lowest BCUT2D eigenvalue weighted by Gasteiger charge is -2.17. The topological polar surface area (TPSA) is 29.1 Å². The summed E-state index contributed by atoms with van der Waals surface area (Å²) in [6.45, 7) is 1.86. The van der Waals surface area contributed by atoms with Crippen molar-refractivity contribution in [2.45, 2.75) is 17.1 Å². The lowest BCUT2D eigenvalue weighted by Crippen LogP contribution is -2.19. The monoisotopic (exact) mass is 351 g/mol. The van der Waals surface area contributed by atoms with Gasteiger partial charge in [0, 0.05) is 4.90 Å². The predicted molar refractivity (Wildman–Crippen MR) is 101 cm³/mol. The minimum absolute atomic E-state index is 0.208. The van der Waals surface area contributed by atoms with Crippen LogP contribution in [0.15, 0.2) is 83.8 Å². The Hall–Kier alpha value is -2.59. The molecule has 0 aliphatic heterocycles. The Kier molecular flexibility index (Phi) is 5.51. The van der Waals surface area contributed by atoms with E-state index in [0.29, 0.717) is 0 Å². The van der Waals surface area contributed by atoms with E-state index in [2.05, 4.69) is 5.32 Å². The summed E-state index contributed by atoms with van der Waals surface area (Å²) in [6.07, 6.45) is 0. The van der Waals surface area contributed by atoms with Crippen molar-refractivity contribution in [2.75, 3.05) is 5.32 Å². The minimum atomic E-state index is -0.469. The zero-order valence-electron chi connectivity index (χ0n) is 13.8. The summed E-state index contributed by atoms with van der Waals surface area (Å²) in [7, 11) is 0. The molecule has 4 heteroatoms. The van der Waals surface area contributed by atoms with Gasteiger partial charge in [0.15, 0.2) is 0 Å². The number of hydrogen-bond donors (Lipinski definition) is 1. The molecule has 0 bridgehead atoms. The summed E-state index contributed by atoms with van der Waals surface area (Å²) >= 11 is 1.44. The van der Waals surface area contributed by atoms with Crippen molar-refractivity contribution in [3.8, 4) is 0 Å². The van der Waals surface area contributed by atoms with Gasteiger partial charge in [-0.05, 0) is 42.3 Å². The molecule has 2 nitrogen and oxygen atoms in total. The molecule has 0 aromatic heterocycles. The molecule has 1 atom stereocenters. The second-order valence-electron chi connectivity index (χ2n) is 5.69. The Balaban J connectivity index is 1.88. The molecule has 25 heavy (non-hydrogen) atoms. The summed E-state index contributed by atoms with van der Waals surface area (Å²) in [5.41, 5.74) is 1.98. The van der Waals surface area contributed by atoms with Crippen LogP contribution in [0.3, 0.4) is 0 Å². The largest absolute Gasteiger partial charge is 0.322 e. The fourth-order valence-electron chi connectivity index (χ4n) is 2.47. The van der Waals surface area contributed by atoms with Crippen LogP contribution in [-0.2, 0) is 4.79 Å². The molecule has 126 valence electrons. The zero-order valence-corrected chi connectivity index (χ0v) is 14.6. The minimum Gasteiger partial charge on any atom is -0.322 e. The molecule has 1 N–H and O–H groups in total. The van der Waals surface area contributed by atoms with Crippen LogP contribution in [-0.4, -0.2) is 5.91 Å². The summed E-state index contributed by atoms with van der Waals surface area (Å²) in [6, 6.07) is 23.9. The van der Waals surface area contributed by atoms with E-state index in [0.717, 1.165) is 16.0 Å². The van der Waals surface area contributed by atoms with Crippen LogP contribution in [0, 0.1) is 12.7 Å². The molecule has 0 saturated heterocycles. The third kappa shape index (κ3) is 4.48. The van der Waals surface area contributed by atoms with Gasteiger partial charge < -0.3 is 5.32 Å². The van der Waals surface area contributed by atoms with E-state index in [1.165, 1.54) is 17.8 Å². The average molecular weight is 351 g/mol. The maximum atomic E-state index is 14.0. The van der Waals surface area contributed by atoms with Crippen LogP contribution in [0.4, 0.5) is 10.1 Å². The van der Waals surface area contributed by atoms with Gasteiger partial charge in [-0.15, -0.1) is 11.8 Å². The van der Waals surface area contributed by atoms with Crippen LogP contribution >= 0.6 is 11.8 Å². The number of benzene rings is 3. The molecular weight excluding hydrogens is 333 g/mol. The lowest BCUT2D eigenvalue weighted by atomic mass is 10.1. The summed E-state index contributed by atoms with van der Waals surface area (Å²) in [5, 5.41) is 2.27. The molecule has 0 fully saturated rings. The highest BCUT2D eigenvalue weighted by Crippen LogP contribution is 2.36. The first-order valence-electron chi connectivity index (χ1n) is 7.97. The lowest BCUT2D eigenvalue weighted by molar-refractivity contribution is -0.115. The highest BCUT2D eigenvalue weighted by Gasteiger charge is 2.23. The molecular formula is C21H18FNOS. The van der Waals surface area contributed by atoms with E-state index >= 15 is 0 Å². The maximum absolute atomic E-state index is 14.0. The number of hydrogen-bond acceptors (Lipinski definition) is 2. The molecule has 0 aliphatic rings. The van der Waals surface area contributed by atoms with E-state index in [1.807, 2.05) is 67.6 Å². The number of nitrogens with one attached hydrogen (secondary N) is 1. The summed E-state index contributed by atoms with van der Waals surface area (Å²) in [4.78, 5) is 13.9. The third-order valence-electron chi connectivity index (χ3n) is 3.72. The molecule has 1 unspecified atom stereocenters. The van der Waals surface area contributed by atoms with Gasteiger partial charge in [-0.3, -0.25) is 4.79 Å². The van der Waals surface area contributed by atoms with Crippen LogP contribution in [0.1, 0.15) is 16.4 Å². The maximum Gasteiger partial charge on any atom is 0.242 e. The highest BCUT2D eigenvalue weighted by molar-refractivity contribution is 8.00. The molecule has 3 rings (SSSR count). The molecule has 1 amide bonds. The number of anilines is 1. The summed E-state index contributed by atoms with van der Waals surface area (Å²) < 4.78 is 14.0. The standard InChI is InChI=1S/C21H18FNOS/c1-15-12-13-18(22)19(14-15)23-21(24)20(16-8-4-2-5-9-16)25-17-10-6-3-7-11-17/h2-14,20H,1H3,(H,23,24). The van der Waals surface area contributed by atoms with Gasteiger partial charge in [0.05, 0.1) is 5.69 Å². The third-order valence-corrected chi connectivity index (χ3v) is 4.98. The van der Waals surface area contributed by atoms with Crippen LogP contribution in [0.2, 0.25) is 0 Å². The molecule has 0 heterocycles. The van der Waals surface area contributed by atoms with E-state index < -0.39 is 11.1 Å². The van der Waals surface area contributed by atoms with Gasteiger partial charge in [0.25, 0.3) is 0 Å². The molecule has 0 radical (unpaired) electrons. The van der Waals surface area contributed by atoms with Crippen molar-refractivity contribution in [1.29, 1.82) is 0 Å². The quantitative estimate of drug-likeness (QED) is 0.606. The second kappa shape index (κ2) is 7.99. The Bertz CT molecular complexity index is 852. The fraction of sp³-hybridized carbons (Fsp3) is 0.0952. The zero-order chi connectivity index (χ0) is 17.6. The predicted octanol–water partition coefficient (Wildman–Crippen LogP) is 5.61. The van der Waals surface area contributed by atoms with Crippen molar-refractivity contribution < 1.29 is 9.18 Å². The second-order valence-corrected chi connectivity index (χ2v) is 6.87. The van der Waals surface area contributed by atoms with Crippen LogP contribution in [0.25, 0.3) is 0 Å². The van der Waals surface area contributed by atoms with E-state index in [4.69, 9.17) is 0 Å². The number of thioether (sulfide) groups is 1. The van der Waals surface area contributed by atoms with Crippen molar-refractivity contribution in [3.63, 3.8) is 0 Å². The molecule has 0 spiro atoms. The highest BCUT2D eigenvalue weighted by atomic mass is 32.2. The number of amides is 1. The Morgan fingerprint density at radius 2 is 1.60 bits per heavy atom. The number of rotatable bonds is 5. The first kappa shape index (κ1) is 17.2. The normalized spacial score (nSPS) is 11.8. The number of carbonyl (C=O) groups excluding carboxylic acids is 1. The van der Waals surface area contributed by atoms with Gasteiger partial charge in [-0.2, -0.15) is 0 Å². The van der Waals surface area contributed by atoms with Gasteiger partial charge in [-0.1, -0.05) is 54.6 Å². The molecule has 0 aliphatic carbocycles. The Morgan fingerprint density at radius 3 is 2.28 bits per heavy atom. The molecule has 3 aromatic carbocycles.